The van der Waals surface area contributed by atoms with E-state index in [0.717, 1.165) is 6.07 Å². The molecule has 2 rings (SSSR count). The first-order valence-corrected chi connectivity index (χ1v) is 7.28. The SMILES string of the molecule is C#Cc1cccc(N(C)C(=O)CNC(=O)c2cccc([N+](=O)[O-])c2)c1. The second kappa shape index (κ2) is 7.75. The van der Waals surface area contributed by atoms with Crippen molar-refractivity contribution in [2.45, 2.75) is 0 Å². The van der Waals surface area contributed by atoms with Crippen LogP contribution in [-0.4, -0.2) is 30.3 Å². The van der Waals surface area contributed by atoms with E-state index in [-0.39, 0.29) is 23.7 Å². The molecule has 0 aliphatic carbocycles. The lowest BCUT2D eigenvalue weighted by Gasteiger charge is -2.18. The molecule has 2 aromatic rings. The number of carbonyl (C=O) groups is 2. The number of anilines is 1. The Bertz CT molecular complexity index is 871. The fourth-order valence-electron chi connectivity index (χ4n) is 2.09. The molecule has 0 aliphatic heterocycles. The molecular formula is C18H15N3O4. The number of likely N-dealkylation sites (N-methyl/N-ethyl adjacent to an activating group) is 1. The molecule has 0 atom stereocenters. The summed E-state index contributed by atoms with van der Waals surface area (Å²) >= 11 is 0. The zero-order valence-electron chi connectivity index (χ0n) is 13.4. The number of carbonyl (C=O) groups excluding carboxylic acids is 2. The Morgan fingerprint density at radius 1 is 1.24 bits per heavy atom. The summed E-state index contributed by atoms with van der Waals surface area (Å²) in [5.41, 5.74) is 1.16. The first-order chi connectivity index (χ1) is 11.9. The number of nitro groups is 1. The highest BCUT2D eigenvalue weighted by Gasteiger charge is 2.15. The fourth-order valence-corrected chi connectivity index (χ4v) is 2.09. The summed E-state index contributed by atoms with van der Waals surface area (Å²) in [6, 6.07) is 12.2. The average molecular weight is 337 g/mol. The zero-order chi connectivity index (χ0) is 18.4. The van der Waals surface area contributed by atoms with Crippen molar-refractivity contribution < 1.29 is 14.5 Å². The Balaban J connectivity index is 2.01. The molecule has 25 heavy (non-hydrogen) atoms. The number of nitro benzene ring substituents is 1. The van der Waals surface area contributed by atoms with Crippen LogP contribution in [0, 0.1) is 22.5 Å². The predicted molar refractivity (Wildman–Crippen MR) is 93.2 cm³/mol. The molecule has 0 heterocycles. The van der Waals surface area contributed by atoms with Crippen LogP contribution < -0.4 is 10.2 Å². The zero-order valence-corrected chi connectivity index (χ0v) is 13.4. The lowest BCUT2D eigenvalue weighted by molar-refractivity contribution is -0.384. The van der Waals surface area contributed by atoms with Crippen LogP contribution in [0.1, 0.15) is 15.9 Å². The van der Waals surface area contributed by atoms with E-state index in [2.05, 4.69) is 11.2 Å². The highest BCUT2D eigenvalue weighted by molar-refractivity contribution is 6.00. The van der Waals surface area contributed by atoms with Crippen LogP contribution in [0.4, 0.5) is 11.4 Å². The van der Waals surface area contributed by atoms with Gasteiger partial charge in [0.25, 0.3) is 11.6 Å². The van der Waals surface area contributed by atoms with Crippen molar-refractivity contribution in [3.63, 3.8) is 0 Å². The van der Waals surface area contributed by atoms with Gasteiger partial charge in [0.15, 0.2) is 0 Å². The number of nitrogens with zero attached hydrogens (tertiary/aromatic N) is 2. The topological polar surface area (TPSA) is 92.6 Å². The molecular weight excluding hydrogens is 322 g/mol. The van der Waals surface area contributed by atoms with Crippen molar-refractivity contribution >= 4 is 23.2 Å². The van der Waals surface area contributed by atoms with Crippen molar-refractivity contribution in [3.05, 3.63) is 69.8 Å². The minimum absolute atomic E-state index is 0.110. The van der Waals surface area contributed by atoms with Gasteiger partial charge in [0.2, 0.25) is 5.91 Å². The molecule has 0 spiro atoms. The minimum Gasteiger partial charge on any atom is -0.343 e. The van der Waals surface area contributed by atoms with Gasteiger partial charge in [0, 0.05) is 36.0 Å². The van der Waals surface area contributed by atoms with Gasteiger partial charge in [-0.05, 0) is 24.3 Å². The van der Waals surface area contributed by atoms with Gasteiger partial charge in [-0.25, -0.2) is 0 Å². The molecule has 0 bridgehead atoms. The van der Waals surface area contributed by atoms with Crippen LogP contribution in [0.3, 0.4) is 0 Å². The molecule has 2 aromatic carbocycles. The summed E-state index contributed by atoms with van der Waals surface area (Å²) in [5.74, 6) is 1.56. The van der Waals surface area contributed by atoms with Crippen LogP contribution in [-0.2, 0) is 4.79 Å². The van der Waals surface area contributed by atoms with Crippen LogP contribution in [0.5, 0.6) is 0 Å². The average Bonchev–Trinajstić information content (AvgIpc) is 2.65. The van der Waals surface area contributed by atoms with Crippen LogP contribution in [0.15, 0.2) is 48.5 Å². The fraction of sp³-hybridized carbons (Fsp3) is 0.111. The van der Waals surface area contributed by atoms with Crippen molar-refractivity contribution in [2.24, 2.45) is 0 Å². The number of benzene rings is 2. The van der Waals surface area contributed by atoms with Crippen molar-refractivity contribution in [1.29, 1.82) is 0 Å². The third-order valence-electron chi connectivity index (χ3n) is 3.49. The molecule has 2 amide bonds. The molecule has 0 fully saturated rings. The molecule has 126 valence electrons. The monoisotopic (exact) mass is 337 g/mol. The molecule has 0 radical (unpaired) electrons. The van der Waals surface area contributed by atoms with E-state index in [1.165, 1.54) is 23.1 Å². The van der Waals surface area contributed by atoms with Crippen molar-refractivity contribution in [1.82, 2.24) is 5.32 Å². The van der Waals surface area contributed by atoms with Crippen LogP contribution in [0.2, 0.25) is 0 Å². The largest absolute Gasteiger partial charge is 0.343 e. The summed E-state index contributed by atoms with van der Waals surface area (Å²) in [4.78, 5) is 35.8. The number of non-ortho nitro benzene ring substituents is 1. The van der Waals surface area contributed by atoms with Crippen LogP contribution in [0.25, 0.3) is 0 Å². The Hall–Kier alpha value is -3.66. The van der Waals surface area contributed by atoms with E-state index in [0.29, 0.717) is 11.3 Å². The number of hydrogen-bond acceptors (Lipinski definition) is 4. The van der Waals surface area contributed by atoms with Gasteiger partial charge >= 0.3 is 0 Å². The summed E-state index contributed by atoms with van der Waals surface area (Å²) in [5, 5.41) is 13.2. The number of terminal acetylenes is 1. The Kier molecular flexibility index (Phi) is 5.48. The third-order valence-corrected chi connectivity index (χ3v) is 3.49. The molecule has 0 saturated heterocycles. The lowest BCUT2D eigenvalue weighted by Crippen LogP contribution is -2.38. The Morgan fingerprint density at radius 2 is 1.96 bits per heavy atom. The highest BCUT2D eigenvalue weighted by Crippen LogP contribution is 2.15. The lowest BCUT2D eigenvalue weighted by atomic mass is 10.2. The van der Waals surface area contributed by atoms with Crippen molar-refractivity contribution in [2.75, 3.05) is 18.5 Å². The third kappa shape index (κ3) is 4.42. The normalized spacial score (nSPS) is 9.76. The maximum atomic E-state index is 12.2. The van der Waals surface area contributed by atoms with Gasteiger partial charge in [-0.15, -0.1) is 6.42 Å². The smallest absolute Gasteiger partial charge is 0.270 e. The summed E-state index contributed by atoms with van der Waals surface area (Å²) in [7, 11) is 1.57. The number of amides is 2. The molecule has 0 aliphatic rings. The van der Waals surface area contributed by atoms with E-state index in [4.69, 9.17) is 6.42 Å². The first-order valence-electron chi connectivity index (χ1n) is 7.28. The number of nitrogens with one attached hydrogen (secondary N) is 1. The summed E-state index contributed by atoms with van der Waals surface area (Å²) in [6.45, 7) is -0.252. The predicted octanol–water partition coefficient (Wildman–Crippen LogP) is 1.97. The van der Waals surface area contributed by atoms with E-state index >= 15 is 0 Å². The van der Waals surface area contributed by atoms with Gasteiger partial charge in [-0.3, -0.25) is 19.7 Å². The molecule has 7 nitrogen and oxygen atoms in total. The summed E-state index contributed by atoms with van der Waals surface area (Å²) in [6.07, 6.45) is 5.33. The second-order valence-electron chi connectivity index (χ2n) is 5.14. The van der Waals surface area contributed by atoms with Crippen LogP contribution >= 0.6 is 0 Å². The second-order valence-corrected chi connectivity index (χ2v) is 5.14. The van der Waals surface area contributed by atoms with Gasteiger partial charge in [-0.1, -0.05) is 18.1 Å². The molecule has 0 unspecified atom stereocenters. The van der Waals surface area contributed by atoms with Gasteiger partial charge in [0.1, 0.15) is 0 Å². The van der Waals surface area contributed by atoms with Crippen molar-refractivity contribution in [3.8, 4) is 12.3 Å². The molecule has 1 N–H and O–H groups in total. The maximum Gasteiger partial charge on any atom is 0.270 e. The Labute approximate surface area is 144 Å². The number of rotatable bonds is 5. The van der Waals surface area contributed by atoms with E-state index in [1.54, 1.807) is 31.3 Å². The minimum atomic E-state index is -0.589. The van der Waals surface area contributed by atoms with E-state index in [9.17, 15) is 19.7 Å². The van der Waals surface area contributed by atoms with E-state index < -0.39 is 10.8 Å². The standard InChI is InChI=1S/C18H15N3O4/c1-3-13-6-4-8-15(10-13)20(2)17(22)12-19-18(23)14-7-5-9-16(11-14)21(24)25/h1,4-11H,12H2,2H3,(H,19,23). The molecule has 0 saturated carbocycles. The molecule has 7 heteroatoms. The highest BCUT2D eigenvalue weighted by atomic mass is 16.6. The first kappa shape index (κ1) is 17.7. The quantitative estimate of drug-likeness (QED) is 0.513. The maximum absolute atomic E-state index is 12.2. The molecule has 0 aromatic heterocycles. The van der Waals surface area contributed by atoms with E-state index in [1.807, 2.05) is 0 Å². The Morgan fingerprint density at radius 3 is 2.64 bits per heavy atom. The van der Waals surface area contributed by atoms with Gasteiger partial charge < -0.3 is 10.2 Å². The number of hydrogen-bond donors (Lipinski definition) is 1. The summed E-state index contributed by atoms with van der Waals surface area (Å²) < 4.78 is 0. The van der Waals surface area contributed by atoms with Gasteiger partial charge in [-0.2, -0.15) is 0 Å². The van der Waals surface area contributed by atoms with Gasteiger partial charge in [0.05, 0.1) is 11.5 Å².